The fourth-order valence-corrected chi connectivity index (χ4v) is 2.79. The maximum atomic E-state index is 12.7. The Morgan fingerprint density at radius 1 is 1.18 bits per heavy atom. The fraction of sp³-hybridized carbons (Fsp3) is 0.529. The van der Waals surface area contributed by atoms with Crippen LogP contribution in [0.2, 0.25) is 0 Å². The van der Waals surface area contributed by atoms with Gasteiger partial charge in [-0.3, -0.25) is 9.59 Å². The van der Waals surface area contributed by atoms with E-state index in [1.807, 2.05) is 29.2 Å². The molecule has 2 rings (SSSR count). The average Bonchev–Trinajstić information content (AvgIpc) is 2.49. The summed E-state index contributed by atoms with van der Waals surface area (Å²) in [6.45, 7) is 7.08. The van der Waals surface area contributed by atoms with Gasteiger partial charge in [0.1, 0.15) is 5.41 Å². The Morgan fingerprint density at radius 2 is 1.73 bits per heavy atom. The molecule has 0 spiro atoms. The standard InChI is InChI=1S/C17H23BrN2O2/c1-12-8-10-20(11-9-12)16(22)17(2,3)15(21)19-14-6-4-13(18)5-7-14/h4-7,12H,8-11H2,1-3H3,(H,19,21). The number of nitrogens with one attached hydrogen (secondary N) is 1. The first-order chi connectivity index (χ1) is 10.3. The molecule has 0 saturated carbocycles. The van der Waals surface area contributed by atoms with E-state index in [2.05, 4.69) is 28.2 Å². The molecular weight excluding hydrogens is 344 g/mol. The second-order valence-corrected chi connectivity index (χ2v) is 7.48. The number of piperidine rings is 1. The number of benzene rings is 1. The first-order valence-electron chi connectivity index (χ1n) is 7.67. The molecule has 4 nitrogen and oxygen atoms in total. The van der Waals surface area contributed by atoms with E-state index >= 15 is 0 Å². The average molecular weight is 367 g/mol. The molecule has 1 N–H and O–H groups in total. The second-order valence-electron chi connectivity index (χ2n) is 6.56. The number of hydrogen-bond acceptors (Lipinski definition) is 2. The van der Waals surface area contributed by atoms with Crippen LogP contribution in [-0.2, 0) is 9.59 Å². The molecule has 0 aliphatic carbocycles. The number of likely N-dealkylation sites (tertiary alicyclic amines) is 1. The van der Waals surface area contributed by atoms with Gasteiger partial charge in [-0.05, 0) is 56.9 Å². The Hall–Kier alpha value is -1.36. The quantitative estimate of drug-likeness (QED) is 0.829. The monoisotopic (exact) mass is 366 g/mol. The summed E-state index contributed by atoms with van der Waals surface area (Å²) < 4.78 is 0.947. The van der Waals surface area contributed by atoms with Crippen LogP contribution >= 0.6 is 15.9 Å². The number of rotatable bonds is 3. The Bertz CT molecular complexity index is 546. The highest BCUT2D eigenvalue weighted by Crippen LogP contribution is 2.26. The van der Waals surface area contributed by atoms with Crippen molar-refractivity contribution in [3.05, 3.63) is 28.7 Å². The molecule has 1 aromatic carbocycles. The molecule has 2 amide bonds. The molecule has 5 heteroatoms. The Morgan fingerprint density at radius 3 is 2.27 bits per heavy atom. The molecule has 1 saturated heterocycles. The molecule has 0 radical (unpaired) electrons. The minimum Gasteiger partial charge on any atom is -0.342 e. The van der Waals surface area contributed by atoms with Gasteiger partial charge >= 0.3 is 0 Å². The largest absolute Gasteiger partial charge is 0.342 e. The minimum atomic E-state index is -1.06. The predicted molar refractivity (Wildman–Crippen MR) is 91.5 cm³/mol. The third-order valence-electron chi connectivity index (χ3n) is 4.28. The first kappa shape index (κ1) is 17.0. The highest BCUT2D eigenvalue weighted by Gasteiger charge is 2.39. The SMILES string of the molecule is CC1CCN(C(=O)C(C)(C)C(=O)Nc2ccc(Br)cc2)CC1. The Labute approximate surface area is 140 Å². The van der Waals surface area contributed by atoms with Gasteiger partial charge in [0.05, 0.1) is 0 Å². The van der Waals surface area contributed by atoms with Crippen LogP contribution in [0.1, 0.15) is 33.6 Å². The number of anilines is 1. The van der Waals surface area contributed by atoms with E-state index in [1.54, 1.807) is 13.8 Å². The number of nitrogens with zero attached hydrogens (tertiary/aromatic N) is 1. The van der Waals surface area contributed by atoms with E-state index in [4.69, 9.17) is 0 Å². The van der Waals surface area contributed by atoms with Crippen molar-refractivity contribution in [3.63, 3.8) is 0 Å². The molecular formula is C17H23BrN2O2. The maximum Gasteiger partial charge on any atom is 0.239 e. The van der Waals surface area contributed by atoms with Gasteiger partial charge in [-0.25, -0.2) is 0 Å². The van der Waals surface area contributed by atoms with Gasteiger partial charge in [-0.1, -0.05) is 22.9 Å². The van der Waals surface area contributed by atoms with Crippen molar-refractivity contribution in [3.8, 4) is 0 Å². The van der Waals surface area contributed by atoms with E-state index in [9.17, 15) is 9.59 Å². The van der Waals surface area contributed by atoms with Crippen molar-refractivity contribution in [1.29, 1.82) is 0 Å². The smallest absolute Gasteiger partial charge is 0.239 e. The van der Waals surface area contributed by atoms with Crippen molar-refractivity contribution in [2.24, 2.45) is 11.3 Å². The molecule has 22 heavy (non-hydrogen) atoms. The summed E-state index contributed by atoms with van der Waals surface area (Å²) >= 11 is 3.36. The highest BCUT2D eigenvalue weighted by atomic mass is 79.9. The third kappa shape index (κ3) is 3.88. The number of carbonyl (C=O) groups excluding carboxylic acids is 2. The predicted octanol–water partition coefficient (Wildman–Crippen LogP) is 3.67. The summed E-state index contributed by atoms with van der Waals surface area (Å²) in [6, 6.07) is 7.34. The number of carbonyl (C=O) groups is 2. The number of amides is 2. The maximum absolute atomic E-state index is 12.7. The van der Waals surface area contributed by atoms with Gasteiger partial charge in [0, 0.05) is 23.2 Å². The Kier molecular flexibility index (Phi) is 5.27. The molecule has 120 valence electrons. The molecule has 0 bridgehead atoms. The fourth-order valence-electron chi connectivity index (χ4n) is 2.52. The second kappa shape index (κ2) is 6.82. The van der Waals surface area contributed by atoms with Crippen LogP contribution < -0.4 is 5.32 Å². The van der Waals surface area contributed by atoms with Gasteiger partial charge in [0.15, 0.2) is 0 Å². The Balaban J connectivity index is 2.03. The van der Waals surface area contributed by atoms with Crippen molar-refractivity contribution < 1.29 is 9.59 Å². The molecule has 1 aromatic rings. The molecule has 1 heterocycles. The van der Waals surface area contributed by atoms with Crippen LogP contribution in [-0.4, -0.2) is 29.8 Å². The molecule has 1 fully saturated rings. The summed E-state index contributed by atoms with van der Waals surface area (Å²) in [4.78, 5) is 27.0. The summed E-state index contributed by atoms with van der Waals surface area (Å²) in [5.74, 6) is 0.302. The molecule has 0 unspecified atom stereocenters. The van der Waals surface area contributed by atoms with E-state index in [1.165, 1.54) is 0 Å². The van der Waals surface area contributed by atoms with Crippen molar-refractivity contribution in [1.82, 2.24) is 4.90 Å². The van der Waals surface area contributed by atoms with E-state index in [0.717, 1.165) is 30.4 Å². The summed E-state index contributed by atoms with van der Waals surface area (Å²) in [6.07, 6.45) is 2.02. The zero-order valence-electron chi connectivity index (χ0n) is 13.4. The lowest BCUT2D eigenvalue weighted by molar-refractivity contribution is -0.147. The molecule has 1 aliphatic heterocycles. The highest BCUT2D eigenvalue weighted by molar-refractivity contribution is 9.10. The topological polar surface area (TPSA) is 49.4 Å². The lowest BCUT2D eigenvalue weighted by Crippen LogP contribution is -2.49. The molecule has 1 aliphatic rings. The number of halogens is 1. The van der Waals surface area contributed by atoms with Gasteiger partial charge in [-0.2, -0.15) is 0 Å². The van der Waals surface area contributed by atoms with Crippen LogP contribution in [0, 0.1) is 11.3 Å². The van der Waals surface area contributed by atoms with Crippen LogP contribution in [0.15, 0.2) is 28.7 Å². The van der Waals surface area contributed by atoms with Crippen molar-refractivity contribution in [2.45, 2.75) is 33.6 Å². The molecule has 0 aromatic heterocycles. The van der Waals surface area contributed by atoms with Crippen LogP contribution in [0.5, 0.6) is 0 Å². The van der Waals surface area contributed by atoms with E-state index in [-0.39, 0.29) is 11.8 Å². The summed E-state index contributed by atoms with van der Waals surface area (Å²) in [7, 11) is 0. The zero-order chi connectivity index (χ0) is 16.3. The van der Waals surface area contributed by atoms with Gasteiger partial charge in [-0.15, -0.1) is 0 Å². The van der Waals surface area contributed by atoms with Gasteiger partial charge in [0.25, 0.3) is 0 Å². The third-order valence-corrected chi connectivity index (χ3v) is 4.80. The number of hydrogen-bond donors (Lipinski definition) is 1. The van der Waals surface area contributed by atoms with E-state index < -0.39 is 5.41 Å². The summed E-state index contributed by atoms with van der Waals surface area (Å²) in [5.41, 5.74) is -0.366. The summed E-state index contributed by atoms with van der Waals surface area (Å²) in [5, 5.41) is 2.83. The lowest BCUT2D eigenvalue weighted by Gasteiger charge is -2.35. The van der Waals surface area contributed by atoms with Crippen LogP contribution in [0.4, 0.5) is 5.69 Å². The lowest BCUT2D eigenvalue weighted by atomic mass is 9.88. The van der Waals surface area contributed by atoms with Crippen molar-refractivity contribution >= 4 is 33.4 Å². The van der Waals surface area contributed by atoms with Crippen LogP contribution in [0.25, 0.3) is 0 Å². The normalized spacial score (nSPS) is 16.5. The minimum absolute atomic E-state index is 0.0889. The first-order valence-corrected chi connectivity index (χ1v) is 8.46. The van der Waals surface area contributed by atoms with Crippen molar-refractivity contribution in [2.75, 3.05) is 18.4 Å². The van der Waals surface area contributed by atoms with Gasteiger partial charge in [0.2, 0.25) is 11.8 Å². The zero-order valence-corrected chi connectivity index (χ0v) is 14.9. The van der Waals surface area contributed by atoms with E-state index in [0.29, 0.717) is 11.6 Å². The molecule has 0 atom stereocenters. The van der Waals surface area contributed by atoms with Crippen LogP contribution in [0.3, 0.4) is 0 Å². The van der Waals surface area contributed by atoms with Gasteiger partial charge < -0.3 is 10.2 Å².